The van der Waals surface area contributed by atoms with E-state index in [-0.39, 0.29) is 0 Å². The quantitative estimate of drug-likeness (QED) is 0.115. The molecule has 0 aliphatic carbocycles. The van der Waals surface area contributed by atoms with Gasteiger partial charge < -0.3 is 89.5 Å². The molecule has 4 aliphatic heterocycles. The number of rotatable bonds is 8. The lowest BCUT2D eigenvalue weighted by Crippen LogP contribution is -2.68. The van der Waals surface area contributed by atoms with Gasteiger partial charge in [0, 0.05) is 6.92 Å². The second-order valence-electron chi connectivity index (χ2n) is 11.8. The minimum absolute atomic E-state index is 0.618. The largest absolute Gasteiger partial charge is 0.394 e. The standard InChI is InChI=1S/C26H45NO18/c1-6-12(30)16(34)18(36)24(39-6)44-21-14(32)8(3)40-25(19(21)37)45-22-17(35)13(31)7(2)41-26(22)43-20-10(5-28)42-23(38)11(15(20)33)27-9(4)29/h6-8,10-26,28,30-38H,5H2,1-4H3,(H,27,29)/t6-,7-,8-,10-,11-,12-,13-,14-,15-,16+,17+,18+,19+,20-,21+,22+,23?,24-,25-,26-/m1/s1. The Kier molecular flexibility index (Phi) is 12.1. The molecular formula is C26H45NO18. The van der Waals surface area contributed by atoms with Crippen LogP contribution in [-0.2, 0) is 38.0 Å². The summed E-state index contributed by atoms with van der Waals surface area (Å²) in [5, 5.41) is 107. The number of amides is 1. The van der Waals surface area contributed by atoms with Gasteiger partial charge in [-0.3, -0.25) is 4.79 Å². The van der Waals surface area contributed by atoms with Gasteiger partial charge >= 0.3 is 0 Å². The highest BCUT2D eigenvalue weighted by atomic mass is 16.8. The first kappa shape index (κ1) is 36.6. The number of hydrogen-bond acceptors (Lipinski definition) is 18. The van der Waals surface area contributed by atoms with Crippen LogP contribution in [0.2, 0.25) is 0 Å². The molecule has 45 heavy (non-hydrogen) atoms. The molecule has 19 heteroatoms. The van der Waals surface area contributed by atoms with E-state index in [1.54, 1.807) is 0 Å². The Morgan fingerprint density at radius 2 is 1.07 bits per heavy atom. The fourth-order valence-corrected chi connectivity index (χ4v) is 5.76. The van der Waals surface area contributed by atoms with E-state index >= 15 is 0 Å². The van der Waals surface area contributed by atoms with Gasteiger partial charge in [-0.2, -0.15) is 0 Å². The van der Waals surface area contributed by atoms with Gasteiger partial charge in [-0.1, -0.05) is 0 Å². The molecule has 0 aromatic carbocycles. The Balaban J connectivity index is 1.55. The van der Waals surface area contributed by atoms with Gasteiger partial charge in [-0.05, 0) is 20.8 Å². The van der Waals surface area contributed by atoms with Crippen molar-refractivity contribution in [3.8, 4) is 0 Å². The van der Waals surface area contributed by atoms with Crippen molar-refractivity contribution >= 4 is 5.91 Å². The summed E-state index contributed by atoms with van der Waals surface area (Å²) in [5.41, 5.74) is 0. The number of nitrogens with one attached hydrogen (secondary N) is 1. The number of hydrogen-bond donors (Lipinski definition) is 11. The Hall–Kier alpha value is -1.21. The molecule has 0 aromatic heterocycles. The number of ether oxygens (including phenoxy) is 7. The zero-order valence-corrected chi connectivity index (χ0v) is 25.0. The van der Waals surface area contributed by atoms with Crippen LogP contribution in [0.3, 0.4) is 0 Å². The third kappa shape index (κ3) is 7.60. The maximum atomic E-state index is 11.6. The van der Waals surface area contributed by atoms with Crippen LogP contribution < -0.4 is 5.32 Å². The summed E-state index contributed by atoms with van der Waals surface area (Å²) >= 11 is 0. The fourth-order valence-electron chi connectivity index (χ4n) is 5.76. The van der Waals surface area contributed by atoms with Crippen LogP contribution in [-0.4, -0.2) is 186 Å². The third-order valence-corrected chi connectivity index (χ3v) is 8.49. The van der Waals surface area contributed by atoms with Gasteiger partial charge in [-0.15, -0.1) is 0 Å². The maximum absolute atomic E-state index is 11.6. The van der Waals surface area contributed by atoms with E-state index in [9.17, 15) is 55.9 Å². The summed E-state index contributed by atoms with van der Waals surface area (Å²) in [6.07, 6.45) is -29.2. The molecule has 4 aliphatic rings. The summed E-state index contributed by atoms with van der Waals surface area (Å²) in [6.45, 7) is 4.59. The van der Waals surface area contributed by atoms with Crippen LogP contribution in [0.4, 0.5) is 0 Å². The summed E-state index contributed by atoms with van der Waals surface area (Å²) in [4.78, 5) is 11.6. The van der Waals surface area contributed by atoms with Crippen LogP contribution in [0.25, 0.3) is 0 Å². The highest BCUT2D eigenvalue weighted by Gasteiger charge is 2.54. The molecule has 4 rings (SSSR count). The minimum Gasteiger partial charge on any atom is -0.394 e. The van der Waals surface area contributed by atoms with Crippen molar-refractivity contribution in [2.24, 2.45) is 0 Å². The van der Waals surface area contributed by atoms with E-state index in [0.717, 1.165) is 6.92 Å². The summed E-state index contributed by atoms with van der Waals surface area (Å²) in [6, 6.07) is -1.39. The second-order valence-corrected chi connectivity index (χ2v) is 11.8. The molecule has 4 saturated heterocycles. The van der Waals surface area contributed by atoms with Crippen molar-refractivity contribution in [1.29, 1.82) is 0 Å². The van der Waals surface area contributed by atoms with Crippen molar-refractivity contribution < 1.29 is 89.0 Å². The van der Waals surface area contributed by atoms with E-state index in [4.69, 9.17) is 33.2 Å². The lowest BCUT2D eigenvalue weighted by atomic mass is 9.95. The van der Waals surface area contributed by atoms with Crippen molar-refractivity contribution in [2.75, 3.05) is 6.61 Å². The van der Waals surface area contributed by atoms with Crippen LogP contribution in [0.1, 0.15) is 27.7 Å². The highest BCUT2D eigenvalue weighted by Crippen LogP contribution is 2.34. The van der Waals surface area contributed by atoms with Crippen molar-refractivity contribution in [1.82, 2.24) is 5.32 Å². The predicted molar refractivity (Wildman–Crippen MR) is 141 cm³/mol. The molecule has 0 bridgehead atoms. The van der Waals surface area contributed by atoms with Crippen LogP contribution >= 0.6 is 0 Å². The number of aliphatic hydroxyl groups is 10. The second kappa shape index (κ2) is 14.9. The Labute approximate surface area is 257 Å². The molecule has 0 aromatic rings. The average molecular weight is 660 g/mol. The molecule has 0 radical (unpaired) electrons. The van der Waals surface area contributed by atoms with Crippen LogP contribution in [0.5, 0.6) is 0 Å². The predicted octanol–water partition coefficient (Wildman–Crippen LogP) is -6.52. The van der Waals surface area contributed by atoms with Crippen LogP contribution in [0.15, 0.2) is 0 Å². The molecule has 4 heterocycles. The first-order valence-corrected chi connectivity index (χ1v) is 14.7. The molecule has 11 N–H and O–H groups in total. The molecule has 0 spiro atoms. The van der Waals surface area contributed by atoms with E-state index in [2.05, 4.69) is 5.32 Å². The van der Waals surface area contributed by atoms with E-state index < -0.39 is 135 Å². The summed E-state index contributed by atoms with van der Waals surface area (Å²) < 4.78 is 39.4. The molecule has 4 fully saturated rings. The monoisotopic (exact) mass is 659 g/mol. The summed E-state index contributed by atoms with van der Waals surface area (Å²) in [5.74, 6) is -0.618. The number of carbonyl (C=O) groups excluding carboxylic acids is 1. The minimum atomic E-state index is -1.86. The lowest BCUT2D eigenvalue weighted by molar-refractivity contribution is -0.390. The molecule has 262 valence electrons. The Bertz CT molecular complexity index is 980. The zero-order chi connectivity index (χ0) is 33.5. The van der Waals surface area contributed by atoms with E-state index in [1.807, 2.05) is 0 Å². The van der Waals surface area contributed by atoms with Gasteiger partial charge in [0.15, 0.2) is 25.2 Å². The van der Waals surface area contributed by atoms with Crippen molar-refractivity contribution in [3.05, 3.63) is 0 Å². The van der Waals surface area contributed by atoms with Gasteiger partial charge in [0.25, 0.3) is 0 Å². The smallest absolute Gasteiger partial charge is 0.217 e. The molecular weight excluding hydrogens is 614 g/mol. The average Bonchev–Trinajstić information content (AvgIpc) is 2.99. The molecule has 1 amide bonds. The normalized spacial score (nSPS) is 52.8. The van der Waals surface area contributed by atoms with E-state index in [0.29, 0.717) is 0 Å². The van der Waals surface area contributed by atoms with Gasteiger partial charge in [0.2, 0.25) is 5.91 Å². The SMILES string of the molecule is CC(=O)N[C@H]1C(O)O[C@H](CO)[C@@H](O[C@H]2O[C@H](C)[C@@H](O)[C@H](O)[C@@H]2O[C@H]2O[C@H](C)[C@@H](O)[C@H](O[C@H]3O[C@H](C)[C@@H](O)[C@H](O)[C@@H]3O)[C@@H]2O)[C@@H]1O. The lowest BCUT2D eigenvalue weighted by Gasteiger charge is -2.49. The van der Waals surface area contributed by atoms with Crippen molar-refractivity contribution in [2.45, 2.75) is 150 Å². The first-order chi connectivity index (χ1) is 21.1. The Morgan fingerprint density at radius 1 is 0.578 bits per heavy atom. The molecule has 20 atom stereocenters. The highest BCUT2D eigenvalue weighted by molar-refractivity contribution is 5.73. The van der Waals surface area contributed by atoms with Gasteiger partial charge in [0.1, 0.15) is 79.3 Å². The first-order valence-electron chi connectivity index (χ1n) is 14.7. The zero-order valence-electron chi connectivity index (χ0n) is 25.0. The van der Waals surface area contributed by atoms with Crippen molar-refractivity contribution in [3.63, 3.8) is 0 Å². The maximum Gasteiger partial charge on any atom is 0.217 e. The van der Waals surface area contributed by atoms with E-state index in [1.165, 1.54) is 20.8 Å². The van der Waals surface area contributed by atoms with Gasteiger partial charge in [-0.25, -0.2) is 0 Å². The fraction of sp³-hybridized carbons (Fsp3) is 0.962. The Morgan fingerprint density at radius 3 is 1.64 bits per heavy atom. The number of carbonyl (C=O) groups is 1. The summed E-state index contributed by atoms with van der Waals surface area (Å²) in [7, 11) is 0. The molecule has 0 saturated carbocycles. The molecule has 19 nitrogen and oxygen atoms in total. The molecule has 1 unspecified atom stereocenters. The number of aliphatic hydroxyl groups excluding tert-OH is 10. The van der Waals surface area contributed by atoms with Crippen LogP contribution in [0, 0.1) is 0 Å². The third-order valence-electron chi connectivity index (χ3n) is 8.49. The topological polar surface area (TPSA) is 296 Å². The van der Waals surface area contributed by atoms with Gasteiger partial charge in [0.05, 0.1) is 24.9 Å².